The maximum absolute atomic E-state index is 7.29. The topological polar surface area (TPSA) is 49.9 Å². The van der Waals surface area contributed by atoms with E-state index in [-0.39, 0.29) is 6.04 Å². The Hall–Kier alpha value is -0.370. The number of rotatable bonds is 4. The van der Waals surface area contributed by atoms with Crippen LogP contribution in [0.15, 0.2) is 0 Å². The fourth-order valence-electron chi connectivity index (χ4n) is 0.605. The van der Waals surface area contributed by atoms with Crippen molar-refractivity contribution >= 4 is 5.71 Å². The molecule has 0 saturated carbocycles. The third kappa shape index (κ3) is 4.15. The molecule has 0 fully saturated rings. The molecule has 2 nitrogen and oxygen atoms in total. The standard InChI is InChI=1S/C7H16N2/c1-3-6(8)5-7(9)4-2/h6,9H,3-5,8H2,1-2H3. The van der Waals surface area contributed by atoms with Crippen LogP contribution in [0.5, 0.6) is 0 Å². The molecule has 0 rings (SSSR count). The van der Waals surface area contributed by atoms with Gasteiger partial charge >= 0.3 is 0 Å². The molecule has 1 unspecified atom stereocenters. The maximum Gasteiger partial charge on any atom is 0.0102 e. The molecule has 0 aliphatic heterocycles. The average molecular weight is 128 g/mol. The van der Waals surface area contributed by atoms with Crippen LogP contribution in [-0.2, 0) is 0 Å². The van der Waals surface area contributed by atoms with E-state index in [2.05, 4.69) is 0 Å². The van der Waals surface area contributed by atoms with Crippen molar-refractivity contribution in [2.45, 2.75) is 39.2 Å². The number of nitrogens with one attached hydrogen (secondary N) is 1. The van der Waals surface area contributed by atoms with Crippen molar-refractivity contribution < 1.29 is 0 Å². The van der Waals surface area contributed by atoms with E-state index in [1.807, 2.05) is 13.8 Å². The van der Waals surface area contributed by atoms with Crippen LogP contribution in [0.3, 0.4) is 0 Å². The zero-order chi connectivity index (χ0) is 7.28. The second kappa shape index (κ2) is 4.50. The lowest BCUT2D eigenvalue weighted by atomic mass is 10.1. The summed E-state index contributed by atoms with van der Waals surface area (Å²) < 4.78 is 0. The van der Waals surface area contributed by atoms with Gasteiger partial charge in [0.05, 0.1) is 0 Å². The molecule has 0 radical (unpaired) electrons. The second-order valence-electron chi connectivity index (χ2n) is 2.33. The summed E-state index contributed by atoms with van der Waals surface area (Å²) in [4.78, 5) is 0. The molecule has 0 heterocycles. The SMILES string of the molecule is CCC(=N)CC(N)CC. The van der Waals surface area contributed by atoms with Gasteiger partial charge in [-0.05, 0) is 12.8 Å². The lowest BCUT2D eigenvalue weighted by Crippen LogP contribution is -2.21. The van der Waals surface area contributed by atoms with Crippen molar-refractivity contribution in [3.63, 3.8) is 0 Å². The zero-order valence-electron chi connectivity index (χ0n) is 6.28. The largest absolute Gasteiger partial charge is 0.327 e. The molecule has 0 spiro atoms. The third-order valence-corrected chi connectivity index (χ3v) is 1.46. The highest BCUT2D eigenvalue weighted by molar-refractivity contribution is 5.81. The quantitative estimate of drug-likeness (QED) is 0.554. The van der Waals surface area contributed by atoms with Gasteiger partial charge in [0.2, 0.25) is 0 Å². The Kier molecular flexibility index (Phi) is 4.32. The fraction of sp³-hybridized carbons (Fsp3) is 0.857. The van der Waals surface area contributed by atoms with Crippen molar-refractivity contribution in [3.05, 3.63) is 0 Å². The van der Waals surface area contributed by atoms with Gasteiger partial charge in [-0.3, -0.25) is 0 Å². The second-order valence-corrected chi connectivity index (χ2v) is 2.33. The summed E-state index contributed by atoms with van der Waals surface area (Å²) >= 11 is 0. The molecule has 9 heavy (non-hydrogen) atoms. The van der Waals surface area contributed by atoms with Crippen LogP contribution in [0.25, 0.3) is 0 Å². The summed E-state index contributed by atoms with van der Waals surface area (Å²) in [6.45, 7) is 4.04. The minimum absolute atomic E-state index is 0.206. The van der Waals surface area contributed by atoms with Crippen LogP contribution >= 0.6 is 0 Å². The number of hydrogen-bond acceptors (Lipinski definition) is 2. The Morgan fingerprint density at radius 1 is 1.56 bits per heavy atom. The summed E-state index contributed by atoms with van der Waals surface area (Å²) in [6.07, 6.45) is 2.59. The molecule has 0 aromatic carbocycles. The minimum Gasteiger partial charge on any atom is -0.327 e. The smallest absolute Gasteiger partial charge is 0.0102 e. The summed E-state index contributed by atoms with van der Waals surface area (Å²) in [5, 5.41) is 7.29. The van der Waals surface area contributed by atoms with Crippen LogP contribution < -0.4 is 5.73 Å². The highest BCUT2D eigenvalue weighted by Crippen LogP contribution is 1.96. The van der Waals surface area contributed by atoms with E-state index in [4.69, 9.17) is 11.1 Å². The molecule has 1 atom stereocenters. The van der Waals surface area contributed by atoms with Crippen LogP contribution in [0.2, 0.25) is 0 Å². The molecule has 0 bridgehead atoms. The first-order valence-electron chi connectivity index (χ1n) is 3.52. The molecule has 0 aromatic rings. The van der Waals surface area contributed by atoms with Gasteiger partial charge in [-0.25, -0.2) is 0 Å². The zero-order valence-corrected chi connectivity index (χ0v) is 6.28. The molecule has 3 N–H and O–H groups in total. The summed E-state index contributed by atoms with van der Waals surface area (Å²) in [5.41, 5.74) is 6.38. The predicted octanol–water partition coefficient (Wildman–Crippen LogP) is 1.54. The van der Waals surface area contributed by atoms with E-state index in [1.54, 1.807) is 0 Å². The minimum atomic E-state index is 0.206. The first-order chi connectivity index (χ1) is 4.20. The summed E-state index contributed by atoms with van der Waals surface area (Å²) in [6, 6.07) is 0.206. The lowest BCUT2D eigenvalue weighted by molar-refractivity contribution is 0.669. The molecule has 0 saturated heterocycles. The maximum atomic E-state index is 7.29. The van der Waals surface area contributed by atoms with Gasteiger partial charge in [0.25, 0.3) is 0 Å². The van der Waals surface area contributed by atoms with Gasteiger partial charge in [0.1, 0.15) is 0 Å². The van der Waals surface area contributed by atoms with Gasteiger partial charge in [-0.2, -0.15) is 0 Å². The molecule has 0 aromatic heterocycles. The number of nitrogens with two attached hydrogens (primary N) is 1. The van der Waals surface area contributed by atoms with E-state index in [1.165, 1.54) is 0 Å². The summed E-state index contributed by atoms with van der Waals surface area (Å²) in [5.74, 6) is 0. The highest BCUT2D eigenvalue weighted by atomic mass is 14.6. The van der Waals surface area contributed by atoms with E-state index >= 15 is 0 Å². The first kappa shape index (κ1) is 8.63. The van der Waals surface area contributed by atoms with E-state index in [0.717, 1.165) is 25.0 Å². The molecule has 54 valence electrons. The monoisotopic (exact) mass is 128 g/mol. The Morgan fingerprint density at radius 3 is 2.44 bits per heavy atom. The molecule has 2 heteroatoms. The van der Waals surface area contributed by atoms with Crippen LogP contribution in [0.1, 0.15) is 33.1 Å². The van der Waals surface area contributed by atoms with E-state index < -0.39 is 0 Å². The first-order valence-corrected chi connectivity index (χ1v) is 3.52. The van der Waals surface area contributed by atoms with Crippen molar-refractivity contribution in [2.75, 3.05) is 0 Å². The highest BCUT2D eigenvalue weighted by Gasteiger charge is 2.00. The van der Waals surface area contributed by atoms with E-state index in [0.29, 0.717) is 0 Å². The third-order valence-electron chi connectivity index (χ3n) is 1.46. The number of hydrogen-bond donors (Lipinski definition) is 2. The molecule has 0 aliphatic carbocycles. The molecule has 0 aliphatic rings. The van der Waals surface area contributed by atoms with Crippen molar-refractivity contribution in [3.8, 4) is 0 Å². The Balaban J connectivity index is 3.34. The van der Waals surface area contributed by atoms with Crippen LogP contribution in [-0.4, -0.2) is 11.8 Å². The van der Waals surface area contributed by atoms with Gasteiger partial charge in [0, 0.05) is 18.2 Å². The van der Waals surface area contributed by atoms with Gasteiger partial charge < -0.3 is 11.1 Å². The van der Waals surface area contributed by atoms with Gasteiger partial charge in [-0.1, -0.05) is 13.8 Å². The average Bonchev–Trinajstić information content (AvgIpc) is 1.87. The Bertz CT molecular complexity index is 88.9. The van der Waals surface area contributed by atoms with Gasteiger partial charge in [-0.15, -0.1) is 0 Å². The van der Waals surface area contributed by atoms with Gasteiger partial charge in [0.15, 0.2) is 0 Å². The summed E-state index contributed by atoms with van der Waals surface area (Å²) in [7, 11) is 0. The fourth-order valence-corrected chi connectivity index (χ4v) is 0.605. The molecular weight excluding hydrogens is 112 g/mol. The Morgan fingerprint density at radius 2 is 2.11 bits per heavy atom. The van der Waals surface area contributed by atoms with Crippen LogP contribution in [0, 0.1) is 5.41 Å². The van der Waals surface area contributed by atoms with Crippen LogP contribution in [0.4, 0.5) is 0 Å². The molecule has 0 amide bonds. The van der Waals surface area contributed by atoms with Crippen molar-refractivity contribution in [1.29, 1.82) is 5.41 Å². The Labute approximate surface area is 57.0 Å². The van der Waals surface area contributed by atoms with E-state index in [9.17, 15) is 0 Å². The predicted molar refractivity (Wildman–Crippen MR) is 40.9 cm³/mol. The van der Waals surface area contributed by atoms with Crippen molar-refractivity contribution in [1.82, 2.24) is 0 Å². The lowest BCUT2D eigenvalue weighted by Gasteiger charge is -2.06. The normalized spacial score (nSPS) is 13.2. The van der Waals surface area contributed by atoms with Crippen molar-refractivity contribution in [2.24, 2.45) is 5.73 Å². The molecular formula is C7H16N2.